The Morgan fingerprint density at radius 1 is 1.12 bits per heavy atom. The predicted octanol–water partition coefficient (Wildman–Crippen LogP) is 1.47. The Balaban J connectivity index is 1.69. The Hall–Kier alpha value is -0.660. The van der Waals surface area contributed by atoms with Crippen molar-refractivity contribution in [2.45, 2.75) is 82.7 Å². The quantitative estimate of drug-likeness (QED) is 0.767. The van der Waals surface area contributed by atoms with E-state index in [9.17, 15) is 13.2 Å². The van der Waals surface area contributed by atoms with Crippen LogP contribution in [0.3, 0.4) is 0 Å². The van der Waals surface area contributed by atoms with Gasteiger partial charge in [0.2, 0.25) is 15.9 Å². The van der Waals surface area contributed by atoms with Gasteiger partial charge in [-0.1, -0.05) is 0 Å². The highest BCUT2D eigenvalue weighted by atomic mass is 32.2. The molecule has 1 saturated heterocycles. The summed E-state index contributed by atoms with van der Waals surface area (Å²) in [5.74, 6) is 0.600. The summed E-state index contributed by atoms with van der Waals surface area (Å²) in [5.41, 5.74) is -0.573. The largest absolute Gasteiger partial charge is 0.351 e. The number of carbonyl (C=O) groups excluding carboxylic acids is 1. The molecular formula is C18H33N3O3S. The number of nitrogens with zero attached hydrogens (tertiary/aromatic N) is 1. The Morgan fingerprint density at radius 2 is 1.64 bits per heavy atom. The van der Waals surface area contributed by atoms with Gasteiger partial charge in [0.15, 0.2) is 4.75 Å². The smallest absolute Gasteiger partial charge is 0.243 e. The van der Waals surface area contributed by atoms with Gasteiger partial charge in [0.1, 0.15) is 0 Å². The van der Waals surface area contributed by atoms with E-state index in [2.05, 4.69) is 28.8 Å². The monoisotopic (exact) mass is 371 g/mol. The first kappa shape index (κ1) is 19.1. The number of rotatable bonds is 5. The van der Waals surface area contributed by atoms with Crippen molar-refractivity contribution in [3.05, 3.63) is 0 Å². The van der Waals surface area contributed by atoms with Crippen LogP contribution in [0.4, 0.5) is 0 Å². The molecular weight excluding hydrogens is 338 g/mol. The standard InChI is InChI=1S/C18H33N3O3S/c1-12(2)21-10-13-6-7-14(11-21)15(13)19-16(22)18(8-9-18)25(23,24)20-17(3,4)5/h12-15,20H,6-11H2,1-5H3,(H,19,22)/t13-,14+,15-. The summed E-state index contributed by atoms with van der Waals surface area (Å²) in [6, 6.07) is 0.649. The normalized spacial score (nSPS) is 32.0. The van der Waals surface area contributed by atoms with Gasteiger partial charge in [-0.15, -0.1) is 0 Å². The van der Waals surface area contributed by atoms with Crippen LogP contribution < -0.4 is 10.0 Å². The first-order valence-corrected chi connectivity index (χ1v) is 11.0. The number of fused-ring (bicyclic) bond motifs is 2. The van der Waals surface area contributed by atoms with E-state index in [1.54, 1.807) is 20.8 Å². The molecule has 1 amide bonds. The van der Waals surface area contributed by atoms with Gasteiger partial charge in [0.25, 0.3) is 0 Å². The third kappa shape index (κ3) is 3.60. The molecule has 0 spiro atoms. The van der Waals surface area contributed by atoms with E-state index in [1.807, 2.05) is 0 Å². The van der Waals surface area contributed by atoms with Gasteiger partial charge in [-0.3, -0.25) is 4.79 Å². The van der Waals surface area contributed by atoms with Crippen LogP contribution >= 0.6 is 0 Å². The van der Waals surface area contributed by atoms with E-state index in [0.29, 0.717) is 30.7 Å². The lowest BCUT2D eigenvalue weighted by atomic mass is 9.91. The molecule has 144 valence electrons. The van der Waals surface area contributed by atoms with Crippen molar-refractivity contribution < 1.29 is 13.2 Å². The lowest BCUT2D eigenvalue weighted by Crippen LogP contribution is -2.58. The fourth-order valence-electron chi connectivity index (χ4n) is 4.43. The second-order valence-electron chi connectivity index (χ2n) is 9.49. The van der Waals surface area contributed by atoms with Crippen molar-refractivity contribution in [2.24, 2.45) is 11.8 Å². The number of amides is 1. The van der Waals surface area contributed by atoms with E-state index in [1.165, 1.54) is 0 Å². The van der Waals surface area contributed by atoms with Crippen LogP contribution in [0.15, 0.2) is 0 Å². The fraction of sp³-hybridized carbons (Fsp3) is 0.944. The minimum atomic E-state index is -3.67. The van der Waals surface area contributed by atoms with Gasteiger partial charge in [0, 0.05) is 30.7 Å². The summed E-state index contributed by atoms with van der Waals surface area (Å²) in [6.07, 6.45) is 3.09. The summed E-state index contributed by atoms with van der Waals surface area (Å²) < 4.78 is 26.9. The first-order valence-electron chi connectivity index (χ1n) is 9.54. The highest BCUT2D eigenvalue weighted by molar-refractivity contribution is 7.92. The molecule has 25 heavy (non-hydrogen) atoms. The molecule has 2 bridgehead atoms. The molecule has 3 fully saturated rings. The van der Waals surface area contributed by atoms with Gasteiger partial charge < -0.3 is 10.2 Å². The summed E-state index contributed by atoms with van der Waals surface area (Å²) in [6.45, 7) is 11.8. The number of piperidine rings is 1. The lowest BCUT2D eigenvalue weighted by Gasteiger charge is -2.40. The molecule has 2 saturated carbocycles. The van der Waals surface area contributed by atoms with Crippen molar-refractivity contribution >= 4 is 15.9 Å². The minimum Gasteiger partial charge on any atom is -0.351 e. The van der Waals surface area contributed by atoms with E-state index in [4.69, 9.17) is 0 Å². The maximum atomic E-state index is 12.9. The maximum absolute atomic E-state index is 12.9. The van der Waals surface area contributed by atoms with Gasteiger partial charge in [-0.05, 0) is 72.1 Å². The zero-order valence-corrected chi connectivity index (χ0v) is 16.9. The van der Waals surface area contributed by atoms with Gasteiger partial charge in [0.05, 0.1) is 0 Å². The summed E-state index contributed by atoms with van der Waals surface area (Å²) in [5, 5.41) is 3.15. The van der Waals surface area contributed by atoms with E-state index >= 15 is 0 Å². The van der Waals surface area contributed by atoms with Crippen molar-refractivity contribution in [1.82, 2.24) is 14.9 Å². The lowest BCUT2D eigenvalue weighted by molar-refractivity contribution is -0.123. The number of hydrogen-bond acceptors (Lipinski definition) is 4. The molecule has 2 aliphatic carbocycles. The molecule has 2 N–H and O–H groups in total. The molecule has 1 heterocycles. The van der Waals surface area contributed by atoms with Gasteiger partial charge in [-0.25, -0.2) is 13.1 Å². The molecule has 0 aromatic heterocycles. The second kappa shape index (κ2) is 6.20. The summed E-state index contributed by atoms with van der Waals surface area (Å²) >= 11 is 0. The maximum Gasteiger partial charge on any atom is 0.243 e. The Kier molecular flexibility index (Phi) is 4.74. The van der Waals surface area contributed by atoms with Crippen molar-refractivity contribution in [3.63, 3.8) is 0 Å². The summed E-state index contributed by atoms with van der Waals surface area (Å²) in [4.78, 5) is 15.4. The molecule has 6 nitrogen and oxygen atoms in total. The van der Waals surface area contributed by atoms with Crippen LogP contribution in [0.1, 0.15) is 60.3 Å². The van der Waals surface area contributed by atoms with E-state index in [0.717, 1.165) is 25.9 Å². The number of carbonyl (C=O) groups is 1. The molecule has 1 aliphatic heterocycles. The molecule has 0 aromatic carbocycles. The van der Waals surface area contributed by atoms with Crippen LogP contribution in [-0.2, 0) is 14.8 Å². The third-order valence-electron chi connectivity index (χ3n) is 5.96. The average molecular weight is 372 g/mol. The Labute approximate surface area is 152 Å². The highest BCUT2D eigenvalue weighted by Crippen LogP contribution is 2.45. The first-order chi connectivity index (χ1) is 11.5. The molecule has 0 radical (unpaired) electrons. The van der Waals surface area contributed by atoms with Crippen molar-refractivity contribution in [1.29, 1.82) is 0 Å². The Bertz CT molecular complexity index is 620. The third-order valence-corrected chi connectivity index (χ3v) is 8.47. The second-order valence-corrected chi connectivity index (χ2v) is 11.5. The zero-order chi connectivity index (χ0) is 18.6. The number of hydrogen-bond donors (Lipinski definition) is 2. The van der Waals surface area contributed by atoms with E-state index < -0.39 is 20.3 Å². The summed E-state index contributed by atoms with van der Waals surface area (Å²) in [7, 11) is -3.67. The van der Waals surface area contributed by atoms with Crippen LogP contribution in [0, 0.1) is 11.8 Å². The van der Waals surface area contributed by atoms with E-state index in [-0.39, 0.29) is 11.9 Å². The zero-order valence-electron chi connectivity index (χ0n) is 16.1. The molecule has 3 rings (SSSR count). The predicted molar refractivity (Wildman–Crippen MR) is 98.6 cm³/mol. The highest BCUT2D eigenvalue weighted by Gasteiger charge is 2.62. The molecule has 0 aromatic rings. The SMILES string of the molecule is CC(C)N1C[C@H]2CC[C@@H](C1)[C@@H]2NC(=O)C1(S(=O)(=O)NC(C)(C)C)CC1. The number of sulfonamides is 1. The van der Waals surface area contributed by atoms with Crippen LogP contribution in [0.25, 0.3) is 0 Å². The minimum absolute atomic E-state index is 0.129. The van der Waals surface area contributed by atoms with Gasteiger partial charge in [-0.2, -0.15) is 0 Å². The molecule has 0 unspecified atom stereocenters. The molecule has 3 atom stereocenters. The van der Waals surface area contributed by atoms with Gasteiger partial charge >= 0.3 is 0 Å². The Morgan fingerprint density at radius 3 is 2.04 bits per heavy atom. The van der Waals surface area contributed by atoms with Crippen molar-refractivity contribution in [2.75, 3.05) is 13.1 Å². The van der Waals surface area contributed by atoms with Crippen LogP contribution in [0.2, 0.25) is 0 Å². The van der Waals surface area contributed by atoms with Crippen LogP contribution in [0.5, 0.6) is 0 Å². The number of nitrogens with one attached hydrogen (secondary N) is 2. The molecule has 7 heteroatoms. The topological polar surface area (TPSA) is 78.5 Å². The fourth-order valence-corrected chi connectivity index (χ4v) is 6.38. The molecule has 3 aliphatic rings. The van der Waals surface area contributed by atoms with Crippen LogP contribution in [-0.4, -0.2) is 54.7 Å². The van der Waals surface area contributed by atoms with Crippen molar-refractivity contribution in [3.8, 4) is 0 Å². The number of likely N-dealkylation sites (tertiary alicyclic amines) is 1. The average Bonchev–Trinajstić information content (AvgIpc) is 3.23.